The van der Waals surface area contributed by atoms with Gasteiger partial charge in [0.1, 0.15) is 0 Å². The molecule has 2 rings (SSSR count). The summed E-state index contributed by atoms with van der Waals surface area (Å²) in [5, 5.41) is 0.433. The molecule has 2 aromatic rings. The third-order valence-corrected chi connectivity index (χ3v) is 4.16. The Morgan fingerprint density at radius 1 is 1.11 bits per heavy atom. The van der Waals surface area contributed by atoms with Gasteiger partial charge >= 0.3 is 0 Å². The molecule has 1 nitrogen and oxygen atoms in total. The van der Waals surface area contributed by atoms with Crippen molar-refractivity contribution in [1.29, 1.82) is 0 Å². The van der Waals surface area contributed by atoms with E-state index in [1.807, 2.05) is 0 Å². The maximum atomic E-state index is 14.0. The Bertz CT molecular complexity index is 561. The molecule has 0 unspecified atom stereocenters. The van der Waals surface area contributed by atoms with E-state index in [2.05, 4.69) is 0 Å². The van der Waals surface area contributed by atoms with Gasteiger partial charge in [0.2, 0.25) is 0 Å². The highest BCUT2D eigenvalue weighted by Gasteiger charge is 2.31. The van der Waals surface area contributed by atoms with Crippen molar-refractivity contribution in [3.8, 4) is 0 Å². The van der Waals surface area contributed by atoms with Gasteiger partial charge in [0.05, 0.1) is 10.8 Å². The van der Waals surface area contributed by atoms with Crippen LogP contribution in [0.5, 0.6) is 0 Å². The molecule has 0 aromatic heterocycles. The lowest BCUT2D eigenvalue weighted by atomic mass is 10.1. The van der Waals surface area contributed by atoms with Crippen molar-refractivity contribution >= 4 is 29.1 Å². The van der Waals surface area contributed by atoms with Gasteiger partial charge in [-0.15, -0.1) is 11.8 Å². The minimum atomic E-state index is -2.90. The van der Waals surface area contributed by atoms with E-state index in [0.717, 1.165) is 11.8 Å². The van der Waals surface area contributed by atoms with Crippen LogP contribution in [0.2, 0.25) is 5.02 Å². The van der Waals surface area contributed by atoms with E-state index < -0.39 is 5.92 Å². The molecule has 0 bridgehead atoms. The third kappa shape index (κ3) is 3.61. The van der Waals surface area contributed by atoms with Gasteiger partial charge in [-0.3, -0.25) is 0 Å². The van der Waals surface area contributed by atoms with Crippen molar-refractivity contribution in [2.75, 3.05) is 11.5 Å². The number of rotatable bonds is 4. The van der Waals surface area contributed by atoms with Crippen LogP contribution >= 0.6 is 23.4 Å². The van der Waals surface area contributed by atoms with Crippen LogP contribution in [0, 0.1) is 0 Å². The van der Waals surface area contributed by atoms with Crippen molar-refractivity contribution < 1.29 is 8.78 Å². The summed E-state index contributed by atoms with van der Waals surface area (Å²) in [5.41, 5.74) is 6.13. The minimum absolute atomic E-state index is 0.00234. The number of halogens is 3. The first-order valence-electron chi connectivity index (χ1n) is 5.60. The van der Waals surface area contributed by atoms with Gasteiger partial charge in [0.15, 0.2) is 0 Å². The molecule has 0 atom stereocenters. The average molecular weight is 300 g/mol. The van der Waals surface area contributed by atoms with Crippen molar-refractivity contribution in [2.24, 2.45) is 0 Å². The van der Waals surface area contributed by atoms with E-state index in [4.69, 9.17) is 17.3 Å². The largest absolute Gasteiger partial charge is 0.399 e. The van der Waals surface area contributed by atoms with E-state index >= 15 is 0 Å². The average Bonchev–Trinajstić information content (AvgIpc) is 2.41. The lowest BCUT2D eigenvalue weighted by molar-refractivity contribution is 0.0232. The van der Waals surface area contributed by atoms with Crippen LogP contribution in [-0.2, 0) is 5.92 Å². The zero-order valence-electron chi connectivity index (χ0n) is 9.95. The lowest BCUT2D eigenvalue weighted by Gasteiger charge is -2.16. The maximum Gasteiger partial charge on any atom is 0.282 e. The molecule has 0 aliphatic rings. The van der Waals surface area contributed by atoms with Gasteiger partial charge < -0.3 is 5.73 Å². The van der Waals surface area contributed by atoms with Crippen LogP contribution in [-0.4, -0.2) is 5.75 Å². The number of alkyl halides is 2. The third-order valence-electron chi connectivity index (χ3n) is 2.56. The molecule has 0 radical (unpaired) electrons. The summed E-state index contributed by atoms with van der Waals surface area (Å²) < 4.78 is 28.0. The first-order valence-corrected chi connectivity index (χ1v) is 6.96. The molecule has 0 saturated heterocycles. The predicted octanol–water partition coefficient (Wildman–Crippen LogP) is 4.81. The molecule has 0 aliphatic heterocycles. The van der Waals surface area contributed by atoms with Crippen LogP contribution < -0.4 is 5.73 Å². The fraction of sp³-hybridized carbons (Fsp3) is 0.143. The summed E-state index contributed by atoms with van der Waals surface area (Å²) in [4.78, 5) is 0.567. The molecule has 19 heavy (non-hydrogen) atoms. The lowest BCUT2D eigenvalue weighted by Crippen LogP contribution is -2.16. The van der Waals surface area contributed by atoms with E-state index in [-0.39, 0.29) is 11.3 Å². The molecule has 0 amide bonds. The van der Waals surface area contributed by atoms with Crippen LogP contribution in [0.25, 0.3) is 0 Å². The fourth-order valence-corrected chi connectivity index (χ4v) is 2.77. The number of nitrogens with two attached hydrogens (primary N) is 1. The molecule has 0 fully saturated rings. The monoisotopic (exact) mass is 299 g/mol. The van der Waals surface area contributed by atoms with Gasteiger partial charge in [-0.1, -0.05) is 41.9 Å². The number of benzene rings is 2. The standard InChI is InChI=1S/C14H12ClF2NS/c15-12-7-6-11(18)8-13(12)19-9-14(16,17)10-4-2-1-3-5-10/h1-8H,9,18H2. The van der Waals surface area contributed by atoms with Gasteiger partial charge in [-0.05, 0) is 18.2 Å². The molecule has 5 heteroatoms. The summed E-state index contributed by atoms with van der Waals surface area (Å²) in [6.07, 6.45) is 0. The molecule has 100 valence electrons. The zero-order valence-corrected chi connectivity index (χ0v) is 11.5. The highest BCUT2D eigenvalue weighted by molar-refractivity contribution is 7.99. The quantitative estimate of drug-likeness (QED) is 0.648. The number of anilines is 1. The van der Waals surface area contributed by atoms with Gasteiger partial charge in [-0.2, -0.15) is 0 Å². The van der Waals surface area contributed by atoms with Crippen molar-refractivity contribution in [2.45, 2.75) is 10.8 Å². The Morgan fingerprint density at radius 2 is 1.79 bits per heavy atom. The predicted molar refractivity (Wildman–Crippen MR) is 76.9 cm³/mol. The topological polar surface area (TPSA) is 26.0 Å². The molecule has 2 aromatic carbocycles. The molecule has 0 spiro atoms. The van der Waals surface area contributed by atoms with Crippen LogP contribution in [0.4, 0.5) is 14.5 Å². The Balaban J connectivity index is 2.12. The second-order valence-corrected chi connectivity index (χ2v) is 5.47. The number of nitrogen functional groups attached to an aromatic ring is 1. The summed E-state index contributed by atoms with van der Waals surface area (Å²) in [5.74, 6) is -3.28. The Kier molecular flexibility index (Phi) is 4.32. The highest BCUT2D eigenvalue weighted by atomic mass is 35.5. The SMILES string of the molecule is Nc1ccc(Cl)c(SCC(F)(F)c2ccccc2)c1. The number of thioether (sulfide) groups is 1. The van der Waals surface area contributed by atoms with E-state index in [1.54, 1.807) is 36.4 Å². The molecule has 0 aliphatic carbocycles. The van der Waals surface area contributed by atoms with E-state index in [9.17, 15) is 8.78 Å². The first-order chi connectivity index (χ1) is 8.99. The second-order valence-electron chi connectivity index (χ2n) is 4.05. The Morgan fingerprint density at radius 3 is 2.47 bits per heavy atom. The van der Waals surface area contributed by atoms with E-state index in [0.29, 0.717) is 15.6 Å². The second kappa shape index (κ2) is 5.80. The summed E-state index contributed by atoms with van der Waals surface area (Å²) in [6.45, 7) is 0. The minimum Gasteiger partial charge on any atom is -0.399 e. The molecule has 0 heterocycles. The summed E-state index contributed by atoms with van der Waals surface area (Å²) in [6, 6.07) is 12.6. The van der Waals surface area contributed by atoms with Gasteiger partial charge in [0.25, 0.3) is 5.92 Å². The smallest absolute Gasteiger partial charge is 0.282 e. The zero-order chi connectivity index (χ0) is 13.9. The highest BCUT2D eigenvalue weighted by Crippen LogP contribution is 2.37. The van der Waals surface area contributed by atoms with Gasteiger partial charge in [0, 0.05) is 16.1 Å². The molecular formula is C14H12ClF2NS. The molecule has 0 saturated carbocycles. The number of hydrogen-bond donors (Lipinski definition) is 1. The van der Waals surface area contributed by atoms with E-state index in [1.165, 1.54) is 12.1 Å². The van der Waals surface area contributed by atoms with Crippen molar-refractivity contribution in [1.82, 2.24) is 0 Å². The van der Waals surface area contributed by atoms with Crippen LogP contribution in [0.1, 0.15) is 5.56 Å². The molecular weight excluding hydrogens is 288 g/mol. The normalized spacial score (nSPS) is 11.5. The number of hydrogen-bond acceptors (Lipinski definition) is 2. The van der Waals surface area contributed by atoms with Crippen molar-refractivity contribution in [3.63, 3.8) is 0 Å². The van der Waals surface area contributed by atoms with Crippen molar-refractivity contribution in [3.05, 3.63) is 59.1 Å². The fourth-order valence-electron chi connectivity index (χ4n) is 1.56. The first kappa shape index (κ1) is 14.2. The summed E-state index contributed by atoms with van der Waals surface area (Å²) >= 11 is 6.95. The van der Waals surface area contributed by atoms with Crippen LogP contribution in [0.15, 0.2) is 53.4 Å². The van der Waals surface area contributed by atoms with Gasteiger partial charge in [-0.25, -0.2) is 8.78 Å². The summed E-state index contributed by atoms with van der Waals surface area (Å²) in [7, 11) is 0. The maximum absolute atomic E-state index is 14.0. The Labute approximate surface area is 119 Å². The molecule has 2 N–H and O–H groups in total. The Hall–Kier alpha value is -1.26. The van der Waals surface area contributed by atoms with Crippen LogP contribution in [0.3, 0.4) is 0 Å².